The molecule has 0 bridgehead atoms. The minimum absolute atomic E-state index is 0.253. The molecule has 0 saturated carbocycles. The Morgan fingerprint density at radius 2 is 2.26 bits per heavy atom. The van der Waals surface area contributed by atoms with Gasteiger partial charge in [-0.1, -0.05) is 22.0 Å². The normalized spacial score (nSPS) is 16.9. The van der Waals surface area contributed by atoms with Gasteiger partial charge in [-0.25, -0.2) is 4.79 Å². The van der Waals surface area contributed by atoms with Crippen molar-refractivity contribution in [2.75, 3.05) is 13.7 Å². The third kappa shape index (κ3) is 3.42. The van der Waals surface area contributed by atoms with E-state index in [1.807, 2.05) is 31.4 Å². The third-order valence-electron chi connectivity index (χ3n) is 4.92. The molecule has 0 amide bonds. The van der Waals surface area contributed by atoms with Gasteiger partial charge in [0, 0.05) is 36.4 Å². The number of benzene rings is 1. The lowest BCUT2D eigenvalue weighted by Crippen LogP contribution is -2.39. The van der Waals surface area contributed by atoms with E-state index in [0.717, 1.165) is 40.0 Å². The number of aromatic amines is 1. The lowest BCUT2D eigenvalue weighted by molar-refractivity contribution is -0.148. The van der Waals surface area contributed by atoms with Crippen LogP contribution in [0, 0.1) is 0 Å². The van der Waals surface area contributed by atoms with Crippen molar-refractivity contribution in [1.29, 1.82) is 0 Å². The first-order chi connectivity index (χ1) is 13.1. The molecule has 0 spiro atoms. The topological polar surface area (TPSA) is 76.0 Å². The lowest BCUT2D eigenvalue weighted by Gasteiger charge is -2.35. The predicted octanol–water partition coefficient (Wildman–Crippen LogP) is 2.85. The van der Waals surface area contributed by atoms with Crippen LogP contribution in [0.25, 0.3) is 11.4 Å². The standard InChI is InChI=1S/C19H20BrN5O2/c1-24-7-6-16(23-24)17-13(10-21-22-17)11-25-8-5-12-3-4-14(20)9-15(12)18(25)19(26)27-2/h3-4,6-7,9-10,18H,5,8,11H2,1-2H3,(H,21,22). The van der Waals surface area contributed by atoms with Crippen LogP contribution in [-0.4, -0.2) is 44.5 Å². The number of carbonyl (C=O) groups is 1. The summed E-state index contributed by atoms with van der Waals surface area (Å²) in [5, 5.41) is 11.7. The Balaban J connectivity index is 1.68. The maximum absolute atomic E-state index is 12.6. The Morgan fingerprint density at radius 1 is 1.41 bits per heavy atom. The van der Waals surface area contributed by atoms with Crippen LogP contribution in [0.3, 0.4) is 0 Å². The van der Waals surface area contributed by atoms with Crippen molar-refractivity contribution in [3.8, 4) is 11.4 Å². The molecule has 2 aromatic heterocycles. The summed E-state index contributed by atoms with van der Waals surface area (Å²) in [4.78, 5) is 14.8. The van der Waals surface area contributed by atoms with Crippen molar-refractivity contribution >= 4 is 21.9 Å². The molecule has 27 heavy (non-hydrogen) atoms. The van der Waals surface area contributed by atoms with Crippen molar-refractivity contribution < 1.29 is 9.53 Å². The number of nitrogens with one attached hydrogen (secondary N) is 1. The maximum atomic E-state index is 12.6. The van der Waals surface area contributed by atoms with E-state index in [4.69, 9.17) is 4.74 Å². The van der Waals surface area contributed by atoms with E-state index < -0.39 is 6.04 Å². The highest BCUT2D eigenvalue weighted by Gasteiger charge is 2.34. The predicted molar refractivity (Wildman–Crippen MR) is 104 cm³/mol. The van der Waals surface area contributed by atoms with Gasteiger partial charge in [0.2, 0.25) is 0 Å². The Morgan fingerprint density at radius 3 is 3.00 bits per heavy atom. The molecule has 1 aromatic carbocycles. The molecule has 0 aliphatic carbocycles. The second-order valence-corrected chi connectivity index (χ2v) is 7.55. The minimum Gasteiger partial charge on any atom is -0.468 e. The van der Waals surface area contributed by atoms with E-state index in [2.05, 4.69) is 42.2 Å². The molecule has 3 heterocycles. The fourth-order valence-corrected chi connectivity index (χ4v) is 3.99. The lowest BCUT2D eigenvalue weighted by atomic mass is 9.92. The highest BCUT2D eigenvalue weighted by Crippen LogP contribution is 2.34. The van der Waals surface area contributed by atoms with Crippen molar-refractivity contribution in [1.82, 2.24) is 24.9 Å². The van der Waals surface area contributed by atoms with Gasteiger partial charge in [-0.05, 0) is 35.7 Å². The molecule has 1 aliphatic rings. The maximum Gasteiger partial charge on any atom is 0.327 e. The van der Waals surface area contributed by atoms with Crippen LogP contribution < -0.4 is 0 Å². The average Bonchev–Trinajstić information content (AvgIpc) is 3.29. The molecule has 1 unspecified atom stereocenters. The Bertz CT molecular complexity index is 980. The van der Waals surface area contributed by atoms with E-state index in [1.165, 1.54) is 12.7 Å². The number of esters is 1. The van der Waals surface area contributed by atoms with E-state index in [9.17, 15) is 4.79 Å². The van der Waals surface area contributed by atoms with Crippen LogP contribution in [0.5, 0.6) is 0 Å². The number of hydrogen-bond acceptors (Lipinski definition) is 5. The summed E-state index contributed by atoms with van der Waals surface area (Å²) < 4.78 is 7.83. The highest BCUT2D eigenvalue weighted by atomic mass is 79.9. The second kappa shape index (κ2) is 7.28. The molecule has 0 fully saturated rings. The molecule has 7 nitrogen and oxygen atoms in total. The van der Waals surface area contributed by atoms with Crippen LogP contribution >= 0.6 is 15.9 Å². The van der Waals surface area contributed by atoms with E-state index in [-0.39, 0.29) is 5.97 Å². The first-order valence-corrected chi connectivity index (χ1v) is 9.48. The SMILES string of the molecule is COC(=O)C1c2cc(Br)ccc2CCN1Cc1cn[nH]c1-c1ccn(C)n1. The molecule has 8 heteroatoms. The molecule has 0 saturated heterocycles. The summed E-state index contributed by atoms with van der Waals surface area (Å²) in [7, 11) is 3.32. The van der Waals surface area contributed by atoms with Crippen molar-refractivity contribution in [2.45, 2.75) is 19.0 Å². The van der Waals surface area contributed by atoms with Crippen molar-refractivity contribution in [2.24, 2.45) is 7.05 Å². The monoisotopic (exact) mass is 429 g/mol. The van der Waals surface area contributed by atoms with E-state index in [0.29, 0.717) is 6.54 Å². The molecule has 0 radical (unpaired) electrons. The van der Waals surface area contributed by atoms with Gasteiger partial charge in [-0.3, -0.25) is 14.7 Å². The summed E-state index contributed by atoms with van der Waals surface area (Å²) >= 11 is 3.52. The van der Waals surface area contributed by atoms with Gasteiger partial charge in [0.25, 0.3) is 0 Å². The van der Waals surface area contributed by atoms with Crippen LogP contribution in [0.1, 0.15) is 22.7 Å². The summed E-state index contributed by atoms with van der Waals surface area (Å²) in [5.74, 6) is -0.253. The quantitative estimate of drug-likeness (QED) is 0.645. The van der Waals surface area contributed by atoms with Gasteiger partial charge in [0.1, 0.15) is 11.7 Å². The van der Waals surface area contributed by atoms with Gasteiger partial charge in [0.15, 0.2) is 0 Å². The van der Waals surface area contributed by atoms with Gasteiger partial charge in [0.05, 0.1) is 19.0 Å². The first-order valence-electron chi connectivity index (χ1n) is 8.69. The highest BCUT2D eigenvalue weighted by molar-refractivity contribution is 9.10. The van der Waals surface area contributed by atoms with Gasteiger partial charge in [-0.15, -0.1) is 0 Å². The van der Waals surface area contributed by atoms with Gasteiger partial charge < -0.3 is 4.74 Å². The molecule has 140 valence electrons. The average molecular weight is 430 g/mol. The minimum atomic E-state index is -0.442. The smallest absolute Gasteiger partial charge is 0.327 e. The number of hydrogen-bond donors (Lipinski definition) is 1. The molecule has 1 aliphatic heterocycles. The molecule has 4 rings (SSSR count). The molecular formula is C19H20BrN5O2. The number of carbonyl (C=O) groups excluding carboxylic acids is 1. The number of fused-ring (bicyclic) bond motifs is 1. The molecule has 1 atom stereocenters. The number of methoxy groups -OCH3 is 1. The van der Waals surface area contributed by atoms with Gasteiger partial charge >= 0.3 is 5.97 Å². The Labute approximate surface area is 165 Å². The first kappa shape index (κ1) is 17.9. The van der Waals surface area contributed by atoms with Crippen LogP contribution in [0.15, 0.2) is 41.1 Å². The number of nitrogens with zero attached hydrogens (tertiary/aromatic N) is 4. The summed E-state index contributed by atoms with van der Waals surface area (Å²) in [5.41, 5.74) is 4.88. The number of aromatic nitrogens is 4. The van der Waals surface area contributed by atoms with Crippen LogP contribution in [0.2, 0.25) is 0 Å². The second-order valence-electron chi connectivity index (χ2n) is 6.63. The van der Waals surface area contributed by atoms with E-state index in [1.54, 1.807) is 10.9 Å². The van der Waals surface area contributed by atoms with E-state index >= 15 is 0 Å². The number of halogens is 1. The zero-order valence-electron chi connectivity index (χ0n) is 15.1. The van der Waals surface area contributed by atoms with Crippen molar-refractivity contribution in [3.05, 3.63) is 57.8 Å². The van der Waals surface area contributed by atoms with Crippen molar-refractivity contribution in [3.63, 3.8) is 0 Å². The zero-order valence-corrected chi connectivity index (χ0v) is 16.7. The summed E-state index contributed by atoms with van der Waals surface area (Å²) in [6.45, 7) is 1.34. The third-order valence-corrected chi connectivity index (χ3v) is 5.41. The number of ether oxygens (including phenoxy) is 1. The fourth-order valence-electron chi connectivity index (χ4n) is 3.62. The largest absolute Gasteiger partial charge is 0.468 e. The summed E-state index contributed by atoms with van der Waals surface area (Å²) in [6, 6.07) is 7.60. The number of rotatable bonds is 4. The van der Waals surface area contributed by atoms with Crippen LogP contribution in [-0.2, 0) is 29.5 Å². The number of aryl methyl sites for hydroxylation is 1. The summed E-state index contributed by atoms with van der Waals surface area (Å²) in [6.07, 6.45) is 4.58. The molecule has 3 aromatic rings. The fraction of sp³-hybridized carbons (Fsp3) is 0.316. The van der Waals surface area contributed by atoms with Gasteiger partial charge in [-0.2, -0.15) is 10.2 Å². The molecular weight excluding hydrogens is 410 g/mol. The van der Waals surface area contributed by atoms with Crippen LogP contribution in [0.4, 0.5) is 0 Å². The molecule has 1 N–H and O–H groups in total. The Kier molecular flexibility index (Phi) is 4.84. The zero-order chi connectivity index (χ0) is 19.0. The Hall–Kier alpha value is -2.45. The number of H-pyrrole nitrogens is 1.